The topological polar surface area (TPSA) is 37.4 Å². The summed E-state index contributed by atoms with van der Waals surface area (Å²) in [5.74, 6) is -3.36. The van der Waals surface area contributed by atoms with E-state index < -0.39 is 44.7 Å². The van der Waals surface area contributed by atoms with E-state index in [0.717, 1.165) is 40.7 Å². The molecule has 3 aromatic rings. The highest BCUT2D eigenvalue weighted by Gasteiger charge is 2.28. The van der Waals surface area contributed by atoms with Crippen molar-refractivity contribution in [3.05, 3.63) is 95.6 Å². The first-order valence-corrected chi connectivity index (χ1v) is 9.20. The molecule has 140 valence electrons. The first-order chi connectivity index (χ1) is 12.8. The Morgan fingerprint density at radius 1 is 0.741 bits per heavy atom. The quantitative estimate of drug-likeness (QED) is 0.591. The van der Waals surface area contributed by atoms with Crippen LogP contribution in [0.1, 0.15) is 5.56 Å². The molecule has 0 aliphatic heterocycles. The SMILES string of the molecule is O=S(=O)(c1ccccc1F)N(Cc1ccc(F)cc1F)c1ccc(F)cc1. The Kier molecular flexibility index (Phi) is 5.18. The van der Waals surface area contributed by atoms with E-state index in [1.54, 1.807) is 0 Å². The minimum absolute atomic E-state index is 0.00313. The fraction of sp³-hybridized carbons (Fsp3) is 0.0526. The summed E-state index contributed by atoms with van der Waals surface area (Å²) in [5.41, 5.74) is -0.121. The fourth-order valence-corrected chi connectivity index (χ4v) is 4.01. The highest BCUT2D eigenvalue weighted by atomic mass is 32.2. The van der Waals surface area contributed by atoms with E-state index >= 15 is 0 Å². The summed E-state index contributed by atoms with van der Waals surface area (Å²) >= 11 is 0. The largest absolute Gasteiger partial charge is 0.267 e. The molecule has 0 N–H and O–H groups in total. The van der Waals surface area contributed by atoms with E-state index in [2.05, 4.69) is 0 Å². The number of rotatable bonds is 5. The lowest BCUT2D eigenvalue weighted by Crippen LogP contribution is -2.31. The molecule has 3 rings (SSSR count). The van der Waals surface area contributed by atoms with Gasteiger partial charge in [0.2, 0.25) is 0 Å². The molecule has 8 heteroatoms. The van der Waals surface area contributed by atoms with Crippen molar-refractivity contribution in [2.75, 3.05) is 4.31 Å². The first kappa shape index (κ1) is 18.9. The number of benzene rings is 3. The van der Waals surface area contributed by atoms with Crippen LogP contribution in [0.15, 0.2) is 71.6 Å². The Morgan fingerprint density at radius 3 is 2.00 bits per heavy atom. The maximum absolute atomic E-state index is 14.1. The van der Waals surface area contributed by atoms with E-state index in [0.29, 0.717) is 6.07 Å². The van der Waals surface area contributed by atoms with Crippen LogP contribution in [0.5, 0.6) is 0 Å². The van der Waals surface area contributed by atoms with Crippen molar-refractivity contribution < 1.29 is 26.0 Å². The van der Waals surface area contributed by atoms with Gasteiger partial charge in [-0.1, -0.05) is 18.2 Å². The summed E-state index contributed by atoms with van der Waals surface area (Å²) < 4.78 is 81.3. The highest BCUT2D eigenvalue weighted by molar-refractivity contribution is 7.92. The Bertz CT molecular complexity index is 1070. The van der Waals surface area contributed by atoms with Gasteiger partial charge in [0.05, 0.1) is 12.2 Å². The number of sulfonamides is 1. The molecule has 0 heterocycles. The normalized spacial score (nSPS) is 11.4. The molecular formula is C19H13F4NO2S. The second-order valence-corrected chi connectivity index (χ2v) is 7.48. The van der Waals surface area contributed by atoms with E-state index in [-0.39, 0.29) is 11.3 Å². The number of hydrogen-bond acceptors (Lipinski definition) is 2. The van der Waals surface area contributed by atoms with E-state index in [4.69, 9.17) is 0 Å². The third-order valence-corrected chi connectivity index (χ3v) is 5.66. The van der Waals surface area contributed by atoms with Gasteiger partial charge in [-0.2, -0.15) is 0 Å². The van der Waals surface area contributed by atoms with Crippen LogP contribution in [0.2, 0.25) is 0 Å². The molecule has 0 saturated carbocycles. The van der Waals surface area contributed by atoms with Crippen molar-refractivity contribution in [3.8, 4) is 0 Å². The third-order valence-electron chi connectivity index (χ3n) is 3.85. The summed E-state index contributed by atoms with van der Waals surface area (Å²) in [7, 11) is -4.45. The molecule has 3 aromatic carbocycles. The third kappa shape index (κ3) is 3.95. The lowest BCUT2D eigenvalue weighted by molar-refractivity contribution is 0.559. The standard InChI is InChI=1S/C19H13F4NO2S/c20-14-7-9-16(10-8-14)24(12-13-5-6-15(21)11-18(13)23)27(25,26)19-4-2-1-3-17(19)22/h1-11H,12H2. The van der Waals surface area contributed by atoms with Crippen LogP contribution in [0.25, 0.3) is 0 Å². The fourth-order valence-electron chi connectivity index (χ4n) is 2.50. The molecule has 0 aliphatic rings. The van der Waals surface area contributed by atoms with Gasteiger partial charge >= 0.3 is 0 Å². The maximum Gasteiger partial charge on any atom is 0.267 e. The first-order valence-electron chi connectivity index (χ1n) is 7.76. The van der Waals surface area contributed by atoms with Crippen molar-refractivity contribution in [2.24, 2.45) is 0 Å². The summed E-state index contributed by atoms with van der Waals surface area (Å²) in [6, 6.07) is 11.8. The summed E-state index contributed by atoms with van der Waals surface area (Å²) in [6.07, 6.45) is 0. The van der Waals surface area contributed by atoms with E-state index in [1.807, 2.05) is 0 Å². The number of halogens is 4. The van der Waals surface area contributed by atoms with E-state index in [9.17, 15) is 26.0 Å². The molecule has 0 fully saturated rings. The molecule has 0 bridgehead atoms. The lowest BCUT2D eigenvalue weighted by Gasteiger charge is -2.25. The molecule has 0 spiro atoms. The monoisotopic (exact) mass is 395 g/mol. The second kappa shape index (κ2) is 7.40. The minimum Gasteiger partial charge on any atom is -0.262 e. The molecule has 3 nitrogen and oxygen atoms in total. The smallest absolute Gasteiger partial charge is 0.262 e. The molecule has 0 aromatic heterocycles. The van der Waals surface area contributed by atoms with Crippen molar-refractivity contribution in [2.45, 2.75) is 11.4 Å². The van der Waals surface area contributed by atoms with Crippen molar-refractivity contribution in [1.29, 1.82) is 0 Å². The zero-order valence-electron chi connectivity index (χ0n) is 13.7. The van der Waals surface area contributed by atoms with Crippen LogP contribution >= 0.6 is 0 Å². The molecule has 0 aliphatic carbocycles. The summed E-state index contributed by atoms with van der Waals surface area (Å²) in [4.78, 5) is -0.614. The Hall–Kier alpha value is -2.87. The lowest BCUT2D eigenvalue weighted by atomic mass is 10.2. The zero-order chi connectivity index (χ0) is 19.6. The van der Waals surface area contributed by atoms with Gasteiger partial charge in [0.25, 0.3) is 10.0 Å². The Morgan fingerprint density at radius 2 is 1.37 bits per heavy atom. The van der Waals surface area contributed by atoms with Gasteiger partial charge in [-0.15, -0.1) is 0 Å². The van der Waals surface area contributed by atoms with Crippen molar-refractivity contribution in [3.63, 3.8) is 0 Å². The number of nitrogens with zero attached hydrogens (tertiary/aromatic N) is 1. The molecule has 0 radical (unpaired) electrons. The number of hydrogen-bond donors (Lipinski definition) is 0. The second-order valence-electron chi connectivity index (χ2n) is 5.65. The van der Waals surface area contributed by atoms with Crippen molar-refractivity contribution in [1.82, 2.24) is 0 Å². The minimum atomic E-state index is -4.45. The average Bonchev–Trinajstić information content (AvgIpc) is 2.62. The average molecular weight is 395 g/mol. The molecule has 0 unspecified atom stereocenters. The number of anilines is 1. The van der Waals surface area contributed by atoms with Gasteiger partial charge in [-0.25, -0.2) is 26.0 Å². The Balaban J connectivity index is 2.12. The molecule has 0 atom stereocenters. The van der Waals surface area contributed by atoms with Gasteiger partial charge in [-0.05, 0) is 42.5 Å². The van der Waals surface area contributed by atoms with Crippen molar-refractivity contribution >= 4 is 15.7 Å². The molecule has 0 saturated heterocycles. The highest BCUT2D eigenvalue weighted by Crippen LogP contribution is 2.28. The van der Waals surface area contributed by atoms with Gasteiger partial charge in [0.1, 0.15) is 28.2 Å². The molecular weight excluding hydrogens is 382 g/mol. The van der Waals surface area contributed by atoms with Gasteiger partial charge < -0.3 is 0 Å². The summed E-state index contributed by atoms with van der Waals surface area (Å²) in [5, 5.41) is 0. The predicted octanol–water partition coefficient (Wildman–Crippen LogP) is 4.64. The zero-order valence-corrected chi connectivity index (χ0v) is 14.6. The maximum atomic E-state index is 14.1. The van der Waals surface area contributed by atoms with Crippen LogP contribution in [0, 0.1) is 23.3 Å². The van der Waals surface area contributed by atoms with Crippen LogP contribution in [-0.4, -0.2) is 8.42 Å². The van der Waals surface area contributed by atoms with Crippen LogP contribution in [-0.2, 0) is 16.6 Å². The molecule has 0 amide bonds. The van der Waals surface area contributed by atoms with Crippen LogP contribution < -0.4 is 4.31 Å². The van der Waals surface area contributed by atoms with Gasteiger partial charge in [0.15, 0.2) is 0 Å². The van der Waals surface area contributed by atoms with E-state index in [1.165, 1.54) is 24.3 Å². The van der Waals surface area contributed by atoms with Gasteiger partial charge in [-0.3, -0.25) is 4.31 Å². The van der Waals surface area contributed by atoms with Crippen LogP contribution in [0.3, 0.4) is 0 Å². The van der Waals surface area contributed by atoms with Crippen LogP contribution in [0.4, 0.5) is 23.2 Å². The predicted molar refractivity (Wildman–Crippen MR) is 92.5 cm³/mol. The Labute approximate surface area is 153 Å². The van der Waals surface area contributed by atoms with Gasteiger partial charge in [0, 0.05) is 11.6 Å². The molecule has 27 heavy (non-hydrogen) atoms. The summed E-state index contributed by atoms with van der Waals surface area (Å²) in [6.45, 7) is -0.533.